The number of aliphatic hydroxyl groups excluding tert-OH is 1. The van der Waals surface area contributed by atoms with Gasteiger partial charge in [-0.2, -0.15) is 0 Å². The van der Waals surface area contributed by atoms with Crippen molar-refractivity contribution in [1.29, 1.82) is 0 Å². The van der Waals surface area contributed by atoms with Crippen LogP contribution in [0, 0.1) is 0 Å². The van der Waals surface area contributed by atoms with Crippen LogP contribution in [0.2, 0.25) is 0 Å². The lowest BCUT2D eigenvalue weighted by molar-refractivity contribution is -0.121. The van der Waals surface area contributed by atoms with Crippen molar-refractivity contribution in [1.82, 2.24) is 5.32 Å². The summed E-state index contributed by atoms with van der Waals surface area (Å²) < 4.78 is 15.5. The predicted molar refractivity (Wildman–Crippen MR) is 68.7 cm³/mol. The Bertz CT molecular complexity index is 478. The van der Waals surface area contributed by atoms with Crippen molar-refractivity contribution in [3.63, 3.8) is 0 Å². The second-order valence-electron chi connectivity index (χ2n) is 3.69. The molecule has 0 aliphatic carbocycles. The van der Waals surface area contributed by atoms with E-state index in [4.69, 9.17) is 25.1 Å². The first-order valence-corrected chi connectivity index (χ1v) is 5.59. The number of hydrogen-bond donors (Lipinski definition) is 3. The molecule has 0 aliphatic rings. The number of benzene rings is 1. The molecule has 0 bridgehead atoms. The van der Waals surface area contributed by atoms with E-state index in [1.807, 2.05) is 5.32 Å². The zero-order valence-corrected chi connectivity index (χ0v) is 11.1. The van der Waals surface area contributed by atoms with Crippen LogP contribution in [0.5, 0.6) is 17.2 Å². The van der Waals surface area contributed by atoms with E-state index in [-0.39, 0.29) is 12.4 Å². The summed E-state index contributed by atoms with van der Waals surface area (Å²) >= 11 is 0. The van der Waals surface area contributed by atoms with E-state index in [0.29, 0.717) is 17.1 Å². The van der Waals surface area contributed by atoms with Gasteiger partial charge in [-0.05, 0) is 17.7 Å². The molecular weight excluding hydrogens is 268 g/mol. The summed E-state index contributed by atoms with van der Waals surface area (Å²) in [5.41, 5.74) is 5.37. The number of carbonyl (C=O) groups is 2. The van der Waals surface area contributed by atoms with Gasteiger partial charge in [-0.1, -0.05) is 0 Å². The average Bonchev–Trinajstić information content (AvgIpc) is 2.43. The largest absolute Gasteiger partial charge is 0.493 e. The molecule has 0 heterocycles. The number of nitrogens with two attached hydrogens (primary N) is 1. The van der Waals surface area contributed by atoms with Crippen LogP contribution in [0.3, 0.4) is 0 Å². The van der Waals surface area contributed by atoms with Gasteiger partial charge in [0.1, 0.15) is 0 Å². The Hall–Kier alpha value is -2.48. The molecule has 0 unspecified atom stereocenters. The normalized spacial score (nSPS) is 9.75. The van der Waals surface area contributed by atoms with Crippen LogP contribution in [0.1, 0.15) is 5.56 Å². The summed E-state index contributed by atoms with van der Waals surface area (Å²) in [6, 6.07) is 2.13. The van der Waals surface area contributed by atoms with Crippen LogP contribution in [0.15, 0.2) is 12.1 Å². The number of methoxy groups -OCH3 is 2. The Morgan fingerprint density at radius 3 is 2.20 bits per heavy atom. The van der Waals surface area contributed by atoms with Crippen LogP contribution in [-0.4, -0.2) is 37.9 Å². The number of imide groups is 1. The van der Waals surface area contributed by atoms with E-state index >= 15 is 0 Å². The monoisotopic (exact) mass is 284 g/mol. The minimum absolute atomic E-state index is 0.187. The van der Waals surface area contributed by atoms with Crippen LogP contribution in [0.25, 0.3) is 0 Å². The fourth-order valence-electron chi connectivity index (χ4n) is 1.48. The molecule has 3 amide bonds. The molecule has 4 N–H and O–H groups in total. The summed E-state index contributed by atoms with van der Waals surface area (Å²) in [4.78, 5) is 21.8. The molecule has 0 atom stereocenters. The van der Waals surface area contributed by atoms with E-state index in [2.05, 4.69) is 0 Å². The number of rotatable bonds is 6. The summed E-state index contributed by atoms with van der Waals surface area (Å²) in [7, 11) is 2.82. The van der Waals surface area contributed by atoms with E-state index in [1.165, 1.54) is 14.2 Å². The molecule has 8 heteroatoms. The predicted octanol–water partition coefficient (Wildman–Crippen LogP) is -0.230. The minimum atomic E-state index is -0.965. The highest BCUT2D eigenvalue weighted by Gasteiger charge is 2.16. The molecular formula is C12H16N2O6. The molecule has 0 spiro atoms. The van der Waals surface area contributed by atoms with Crippen LogP contribution < -0.4 is 25.3 Å². The van der Waals surface area contributed by atoms with E-state index in [1.54, 1.807) is 12.1 Å². The van der Waals surface area contributed by atoms with E-state index in [0.717, 1.165) is 0 Å². The third-order valence-corrected chi connectivity index (χ3v) is 2.31. The molecule has 0 aromatic heterocycles. The molecule has 1 rings (SSSR count). The fraction of sp³-hybridized carbons (Fsp3) is 0.333. The first-order valence-electron chi connectivity index (χ1n) is 5.59. The van der Waals surface area contributed by atoms with Gasteiger partial charge in [-0.3, -0.25) is 10.1 Å². The molecule has 0 saturated carbocycles. The molecule has 8 nitrogen and oxygen atoms in total. The number of primary amides is 1. The highest BCUT2D eigenvalue weighted by Crippen LogP contribution is 2.38. The summed E-state index contributed by atoms with van der Waals surface area (Å²) in [5, 5.41) is 11.0. The Morgan fingerprint density at radius 1 is 1.25 bits per heavy atom. The number of hydrogen-bond acceptors (Lipinski definition) is 6. The number of nitrogens with one attached hydrogen (secondary N) is 1. The van der Waals surface area contributed by atoms with Gasteiger partial charge >= 0.3 is 6.03 Å². The van der Waals surface area contributed by atoms with Crippen LogP contribution in [0.4, 0.5) is 4.79 Å². The Labute approximate surface area is 115 Å². The lowest BCUT2D eigenvalue weighted by atomic mass is 10.2. The molecule has 0 fully saturated rings. The highest BCUT2D eigenvalue weighted by atomic mass is 16.5. The van der Waals surface area contributed by atoms with Crippen molar-refractivity contribution in [2.24, 2.45) is 5.73 Å². The first-order chi connectivity index (χ1) is 9.51. The third kappa shape index (κ3) is 4.02. The zero-order valence-electron chi connectivity index (χ0n) is 11.1. The van der Waals surface area contributed by atoms with Crippen molar-refractivity contribution in [2.75, 3.05) is 20.8 Å². The smallest absolute Gasteiger partial charge is 0.318 e. The fourth-order valence-corrected chi connectivity index (χ4v) is 1.48. The zero-order chi connectivity index (χ0) is 15.1. The standard InChI is InChI=1S/C12H16N2O6/c1-18-8-3-7(5-15)4-9(19-2)11(8)20-6-10(16)14-12(13)17/h3-4,15H,5-6H2,1-2H3,(H3,13,14,16,17). The maximum atomic E-state index is 11.3. The van der Waals surface area contributed by atoms with Crippen molar-refractivity contribution < 1.29 is 28.9 Å². The lowest BCUT2D eigenvalue weighted by Gasteiger charge is -2.15. The topological polar surface area (TPSA) is 120 Å². The maximum Gasteiger partial charge on any atom is 0.318 e. The molecule has 0 radical (unpaired) electrons. The van der Waals surface area contributed by atoms with Gasteiger partial charge in [-0.25, -0.2) is 4.79 Å². The first kappa shape index (κ1) is 15.6. The molecule has 1 aromatic rings. The quantitative estimate of drug-likeness (QED) is 0.663. The van der Waals surface area contributed by atoms with Crippen molar-refractivity contribution in [3.05, 3.63) is 17.7 Å². The van der Waals surface area contributed by atoms with Crippen molar-refractivity contribution in [3.8, 4) is 17.2 Å². The highest BCUT2D eigenvalue weighted by molar-refractivity contribution is 5.94. The molecule has 0 saturated heterocycles. The number of amides is 3. The second-order valence-corrected chi connectivity index (χ2v) is 3.69. The van der Waals surface area contributed by atoms with Gasteiger partial charge in [0.15, 0.2) is 18.1 Å². The third-order valence-electron chi connectivity index (χ3n) is 2.31. The Kier molecular flexibility index (Phi) is 5.60. The van der Waals surface area contributed by atoms with Gasteiger partial charge in [0.2, 0.25) is 5.75 Å². The van der Waals surface area contributed by atoms with Gasteiger partial charge in [0.05, 0.1) is 20.8 Å². The average molecular weight is 284 g/mol. The molecule has 110 valence electrons. The molecule has 1 aromatic carbocycles. The summed E-state index contributed by atoms with van der Waals surface area (Å²) in [6.07, 6.45) is 0. The van der Waals surface area contributed by atoms with Crippen molar-refractivity contribution in [2.45, 2.75) is 6.61 Å². The van der Waals surface area contributed by atoms with Gasteiger partial charge in [0.25, 0.3) is 5.91 Å². The Morgan fingerprint density at radius 2 is 1.80 bits per heavy atom. The number of urea groups is 1. The van der Waals surface area contributed by atoms with Gasteiger partial charge < -0.3 is 25.1 Å². The molecule has 0 aliphatic heterocycles. The second kappa shape index (κ2) is 7.19. The summed E-state index contributed by atoms with van der Waals surface area (Å²) in [6.45, 7) is -0.636. The molecule has 20 heavy (non-hydrogen) atoms. The SMILES string of the molecule is COc1cc(CO)cc(OC)c1OCC(=O)NC(N)=O. The summed E-state index contributed by atoms with van der Waals surface area (Å²) in [5.74, 6) is 0.0696. The minimum Gasteiger partial charge on any atom is -0.493 e. The number of carbonyl (C=O) groups excluding carboxylic acids is 2. The van der Waals surface area contributed by atoms with Gasteiger partial charge in [0, 0.05) is 0 Å². The van der Waals surface area contributed by atoms with Crippen LogP contribution in [-0.2, 0) is 11.4 Å². The van der Waals surface area contributed by atoms with Crippen LogP contribution >= 0.6 is 0 Å². The Balaban J connectivity index is 2.92. The maximum absolute atomic E-state index is 11.3. The van der Waals surface area contributed by atoms with E-state index < -0.39 is 18.5 Å². The number of ether oxygens (including phenoxy) is 3. The van der Waals surface area contributed by atoms with Crippen molar-refractivity contribution >= 4 is 11.9 Å². The number of aliphatic hydroxyl groups is 1. The van der Waals surface area contributed by atoms with Gasteiger partial charge in [-0.15, -0.1) is 0 Å². The lowest BCUT2D eigenvalue weighted by Crippen LogP contribution is -2.38. The van der Waals surface area contributed by atoms with E-state index in [9.17, 15) is 9.59 Å².